The van der Waals surface area contributed by atoms with E-state index in [1.807, 2.05) is 6.07 Å². The molecule has 1 amide bonds. The first kappa shape index (κ1) is 20.2. The summed E-state index contributed by atoms with van der Waals surface area (Å²) in [7, 11) is 0. The number of nitrogens with zero attached hydrogens (tertiary/aromatic N) is 1. The minimum absolute atomic E-state index is 0.104. The summed E-state index contributed by atoms with van der Waals surface area (Å²) in [6.45, 7) is 4.78. The molecule has 2 N–H and O–H groups in total. The molecule has 0 unspecified atom stereocenters. The molecule has 1 fully saturated rings. The standard InChI is InChI=1S/C18H22BrNO6/c1-17(2,3)26-16(25)20-10-18(15(23)24,9-13(20)14(21)22)8-11-6-4-5-7-12(11)19/h4-7,13H,8-10H2,1-3H3,(H,21,22)(H,23,24)/t13-,18-/m0/s1. The van der Waals surface area contributed by atoms with E-state index in [0.717, 1.165) is 14.9 Å². The lowest BCUT2D eigenvalue weighted by atomic mass is 9.79. The highest BCUT2D eigenvalue weighted by molar-refractivity contribution is 9.10. The first-order valence-corrected chi connectivity index (χ1v) is 8.94. The van der Waals surface area contributed by atoms with Crippen LogP contribution in [-0.2, 0) is 20.7 Å². The van der Waals surface area contributed by atoms with Gasteiger partial charge in [-0.25, -0.2) is 9.59 Å². The molecule has 1 aromatic rings. The van der Waals surface area contributed by atoms with Crippen LogP contribution in [0.25, 0.3) is 0 Å². The maximum Gasteiger partial charge on any atom is 0.411 e. The predicted octanol–water partition coefficient (Wildman–Crippen LogP) is 3.16. The van der Waals surface area contributed by atoms with Gasteiger partial charge in [0.1, 0.15) is 11.6 Å². The molecule has 1 aliphatic rings. The SMILES string of the molecule is CC(C)(C)OC(=O)N1C[C@@](Cc2ccccc2Br)(C(=O)O)C[C@H]1C(=O)O. The number of carbonyl (C=O) groups is 3. The Balaban J connectivity index is 2.36. The monoisotopic (exact) mass is 427 g/mol. The Hall–Kier alpha value is -2.09. The average Bonchev–Trinajstić information content (AvgIpc) is 2.89. The molecule has 0 aliphatic carbocycles. The number of hydrogen-bond donors (Lipinski definition) is 2. The Labute approximate surface area is 160 Å². The van der Waals surface area contributed by atoms with Crippen molar-refractivity contribution in [1.82, 2.24) is 4.90 Å². The average molecular weight is 428 g/mol. The smallest absolute Gasteiger partial charge is 0.411 e. The van der Waals surface area contributed by atoms with Crippen LogP contribution in [0.3, 0.4) is 0 Å². The summed E-state index contributed by atoms with van der Waals surface area (Å²) in [5.41, 5.74) is -1.47. The minimum Gasteiger partial charge on any atom is -0.481 e. The van der Waals surface area contributed by atoms with Crippen molar-refractivity contribution >= 4 is 34.0 Å². The van der Waals surface area contributed by atoms with Gasteiger partial charge in [0.25, 0.3) is 0 Å². The minimum atomic E-state index is -1.40. The molecule has 0 spiro atoms. The molecule has 2 rings (SSSR count). The van der Waals surface area contributed by atoms with Gasteiger partial charge in [-0.3, -0.25) is 9.69 Å². The number of halogens is 1. The third-order valence-electron chi connectivity index (χ3n) is 4.29. The van der Waals surface area contributed by atoms with Crippen molar-refractivity contribution in [3.63, 3.8) is 0 Å². The van der Waals surface area contributed by atoms with Gasteiger partial charge in [-0.15, -0.1) is 0 Å². The molecule has 1 heterocycles. The van der Waals surface area contributed by atoms with Crippen LogP contribution < -0.4 is 0 Å². The van der Waals surface area contributed by atoms with E-state index >= 15 is 0 Å². The van der Waals surface area contributed by atoms with Gasteiger partial charge in [-0.05, 0) is 45.2 Å². The highest BCUT2D eigenvalue weighted by atomic mass is 79.9. The largest absolute Gasteiger partial charge is 0.481 e. The number of ether oxygens (including phenoxy) is 1. The van der Waals surface area contributed by atoms with Crippen molar-refractivity contribution in [2.75, 3.05) is 6.54 Å². The van der Waals surface area contributed by atoms with Crippen LogP contribution in [0, 0.1) is 5.41 Å². The van der Waals surface area contributed by atoms with Crippen LogP contribution in [0.15, 0.2) is 28.7 Å². The van der Waals surface area contributed by atoms with Gasteiger partial charge in [-0.1, -0.05) is 34.1 Å². The van der Waals surface area contributed by atoms with Crippen LogP contribution in [0.5, 0.6) is 0 Å². The highest BCUT2D eigenvalue weighted by Gasteiger charge is 2.54. The summed E-state index contributed by atoms with van der Waals surface area (Å²) in [6.07, 6.45) is -0.898. The van der Waals surface area contributed by atoms with Gasteiger partial charge in [0, 0.05) is 11.0 Å². The highest BCUT2D eigenvalue weighted by Crippen LogP contribution is 2.40. The molecule has 26 heavy (non-hydrogen) atoms. The first-order valence-electron chi connectivity index (χ1n) is 8.14. The number of carboxylic acids is 2. The number of amides is 1. The quantitative estimate of drug-likeness (QED) is 0.764. The van der Waals surface area contributed by atoms with Crippen molar-refractivity contribution in [1.29, 1.82) is 0 Å². The van der Waals surface area contributed by atoms with Crippen LogP contribution in [0.1, 0.15) is 32.8 Å². The molecular formula is C18H22BrNO6. The molecule has 8 heteroatoms. The summed E-state index contributed by atoms with van der Waals surface area (Å²) in [6, 6.07) is 5.91. The van der Waals surface area contributed by atoms with Gasteiger partial charge >= 0.3 is 18.0 Å². The second-order valence-electron chi connectivity index (χ2n) is 7.52. The van der Waals surface area contributed by atoms with E-state index in [-0.39, 0.29) is 19.4 Å². The van der Waals surface area contributed by atoms with Gasteiger partial charge in [0.05, 0.1) is 5.41 Å². The predicted molar refractivity (Wildman–Crippen MR) is 96.9 cm³/mol. The summed E-state index contributed by atoms with van der Waals surface area (Å²) < 4.78 is 6.01. The number of aliphatic carboxylic acids is 2. The number of rotatable bonds is 4. The number of benzene rings is 1. The van der Waals surface area contributed by atoms with Gasteiger partial charge in [0.15, 0.2) is 0 Å². The van der Waals surface area contributed by atoms with Crippen LogP contribution >= 0.6 is 15.9 Å². The van der Waals surface area contributed by atoms with E-state index in [1.165, 1.54) is 0 Å². The van der Waals surface area contributed by atoms with Crippen LogP contribution in [0.4, 0.5) is 4.79 Å². The molecule has 0 aromatic heterocycles. The topological polar surface area (TPSA) is 104 Å². The van der Waals surface area contributed by atoms with Crippen LogP contribution in [0.2, 0.25) is 0 Å². The maximum absolute atomic E-state index is 12.4. The van der Waals surface area contributed by atoms with E-state index in [2.05, 4.69) is 15.9 Å². The maximum atomic E-state index is 12.4. The fourth-order valence-corrected chi connectivity index (χ4v) is 3.50. The van der Waals surface area contributed by atoms with Crippen molar-refractivity contribution in [2.24, 2.45) is 5.41 Å². The Morgan fingerprint density at radius 2 is 1.88 bits per heavy atom. The zero-order valence-electron chi connectivity index (χ0n) is 14.9. The van der Waals surface area contributed by atoms with E-state index in [9.17, 15) is 24.6 Å². The summed E-state index contributed by atoms with van der Waals surface area (Å²) >= 11 is 3.39. The Morgan fingerprint density at radius 3 is 2.38 bits per heavy atom. The normalized spacial score (nSPS) is 22.9. The first-order chi connectivity index (χ1) is 11.9. The van der Waals surface area contributed by atoms with E-state index in [4.69, 9.17) is 4.74 Å². The van der Waals surface area contributed by atoms with Gasteiger partial charge in [0.2, 0.25) is 0 Å². The molecule has 142 valence electrons. The summed E-state index contributed by atoms with van der Waals surface area (Å²) in [5, 5.41) is 19.4. The van der Waals surface area contributed by atoms with Crippen molar-refractivity contribution in [2.45, 2.75) is 45.3 Å². The molecule has 0 bridgehead atoms. The Morgan fingerprint density at radius 1 is 1.27 bits per heavy atom. The van der Waals surface area contributed by atoms with E-state index < -0.39 is 35.1 Å². The molecule has 1 aliphatic heterocycles. The third kappa shape index (κ3) is 4.35. The fraction of sp³-hybridized carbons (Fsp3) is 0.500. The summed E-state index contributed by atoms with van der Waals surface area (Å²) in [4.78, 5) is 37.2. The zero-order chi connectivity index (χ0) is 19.7. The van der Waals surface area contributed by atoms with E-state index in [1.54, 1.807) is 39.0 Å². The Bertz CT molecular complexity index is 729. The van der Waals surface area contributed by atoms with Gasteiger partial charge < -0.3 is 14.9 Å². The third-order valence-corrected chi connectivity index (χ3v) is 5.06. The lowest BCUT2D eigenvalue weighted by Crippen LogP contribution is -2.44. The van der Waals surface area contributed by atoms with Crippen molar-refractivity contribution in [3.8, 4) is 0 Å². The molecule has 0 radical (unpaired) electrons. The fourth-order valence-electron chi connectivity index (χ4n) is 3.08. The number of carboxylic acid groups (broad SMARTS) is 2. The zero-order valence-corrected chi connectivity index (χ0v) is 16.4. The van der Waals surface area contributed by atoms with Crippen molar-refractivity contribution < 1.29 is 29.3 Å². The van der Waals surface area contributed by atoms with Crippen LogP contribution in [-0.4, -0.2) is 51.3 Å². The van der Waals surface area contributed by atoms with Gasteiger partial charge in [-0.2, -0.15) is 0 Å². The number of hydrogen-bond acceptors (Lipinski definition) is 4. The molecule has 0 saturated carbocycles. The second kappa shape index (κ2) is 7.26. The van der Waals surface area contributed by atoms with E-state index in [0.29, 0.717) is 0 Å². The molecule has 1 aromatic carbocycles. The van der Waals surface area contributed by atoms with Crippen molar-refractivity contribution in [3.05, 3.63) is 34.3 Å². The summed E-state index contributed by atoms with van der Waals surface area (Å²) in [5.74, 6) is -2.38. The molecular weight excluding hydrogens is 406 g/mol. The molecule has 2 atom stereocenters. The molecule has 1 saturated heterocycles. The lowest BCUT2D eigenvalue weighted by Gasteiger charge is -2.28. The number of carbonyl (C=O) groups excluding carboxylic acids is 1. The second-order valence-corrected chi connectivity index (χ2v) is 8.37. The molecule has 7 nitrogen and oxygen atoms in total. The Kier molecular flexibility index (Phi) is 5.65. The lowest BCUT2D eigenvalue weighted by molar-refractivity contribution is -0.148. The number of likely N-dealkylation sites (tertiary alicyclic amines) is 1.